The molecular weight excluding hydrogens is 424 g/mol. The molecule has 0 aromatic heterocycles. The summed E-state index contributed by atoms with van der Waals surface area (Å²) >= 11 is 6.92. The Hall–Kier alpha value is -2.65. The molecule has 2 unspecified atom stereocenters. The maximum atomic E-state index is 13.4. The molecule has 3 rings (SSSR count). The number of amides is 2. The number of halogens is 3. The van der Waals surface area contributed by atoms with Gasteiger partial charge in [0, 0.05) is 11.6 Å². The number of amidine groups is 1. The highest BCUT2D eigenvalue weighted by Gasteiger charge is 2.31. The third-order valence-electron chi connectivity index (χ3n) is 4.13. The van der Waals surface area contributed by atoms with Crippen molar-refractivity contribution < 1.29 is 23.5 Å². The molecule has 0 saturated carbocycles. The van der Waals surface area contributed by atoms with Crippen LogP contribution in [-0.4, -0.2) is 34.9 Å². The van der Waals surface area contributed by atoms with Gasteiger partial charge in [-0.25, -0.2) is 13.6 Å². The largest absolute Gasteiger partial charge is 0.465 e. The average Bonchev–Trinajstić information content (AvgIpc) is 3.04. The standard InChI is InChI=1S/C19H16ClF2N3O3S/c20-12-4-1-10(2-5-12)7-13(24-19(27)28)9-23-18-25-17(26)16(29-18)11-3-6-14(21)15(22)8-11/h1-6,8,13,16,24H,7,9H2,(H,27,28)(H,23,25,26). The number of hydrogen-bond donors (Lipinski definition) is 3. The summed E-state index contributed by atoms with van der Waals surface area (Å²) in [5.41, 5.74) is 1.19. The first-order chi connectivity index (χ1) is 13.8. The number of nitrogens with zero attached hydrogens (tertiary/aromatic N) is 1. The van der Waals surface area contributed by atoms with Crippen LogP contribution in [0.15, 0.2) is 47.5 Å². The molecular formula is C19H16ClF2N3O3S. The van der Waals surface area contributed by atoms with Crippen LogP contribution in [-0.2, 0) is 11.2 Å². The van der Waals surface area contributed by atoms with Crippen LogP contribution in [0, 0.1) is 11.6 Å². The van der Waals surface area contributed by atoms with Crippen molar-refractivity contribution in [2.75, 3.05) is 6.54 Å². The SMILES string of the molecule is O=C(O)NC(CNC1=NC(=O)C(c2ccc(F)c(F)c2)S1)Cc1ccc(Cl)cc1. The highest BCUT2D eigenvalue weighted by Crippen LogP contribution is 2.36. The molecule has 6 nitrogen and oxygen atoms in total. The van der Waals surface area contributed by atoms with Crippen molar-refractivity contribution in [1.82, 2.24) is 10.6 Å². The molecule has 1 aliphatic heterocycles. The molecule has 2 aromatic rings. The minimum absolute atomic E-state index is 0.179. The van der Waals surface area contributed by atoms with Gasteiger partial charge in [0.15, 0.2) is 16.8 Å². The fourth-order valence-electron chi connectivity index (χ4n) is 2.78. The van der Waals surface area contributed by atoms with E-state index in [2.05, 4.69) is 15.6 Å². The van der Waals surface area contributed by atoms with Gasteiger partial charge in [-0.15, -0.1) is 0 Å². The summed E-state index contributed by atoms with van der Waals surface area (Å²) in [5, 5.41) is 14.5. The molecule has 3 N–H and O–H groups in total. The van der Waals surface area contributed by atoms with Crippen molar-refractivity contribution in [3.63, 3.8) is 0 Å². The molecule has 0 bridgehead atoms. The Balaban J connectivity index is 1.62. The topological polar surface area (TPSA) is 90.8 Å². The quantitative estimate of drug-likeness (QED) is 0.637. The molecule has 10 heteroatoms. The third-order valence-corrected chi connectivity index (χ3v) is 5.55. The minimum Gasteiger partial charge on any atom is -0.465 e. The van der Waals surface area contributed by atoms with E-state index in [1.54, 1.807) is 24.3 Å². The fraction of sp³-hybridized carbons (Fsp3) is 0.211. The van der Waals surface area contributed by atoms with Gasteiger partial charge in [-0.05, 0) is 41.8 Å². The van der Waals surface area contributed by atoms with Gasteiger partial charge in [0.05, 0.1) is 6.04 Å². The Morgan fingerprint density at radius 1 is 1.21 bits per heavy atom. The minimum atomic E-state index is -1.18. The lowest BCUT2D eigenvalue weighted by Crippen LogP contribution is -2.43. The van der Waals surface area contributed by atoms with Gasteiger partial charge < -0.3 is 15.7 Å². The average molecular weight is 440 g/mol. The Kier molecular flexibility index (Phi) is 6.71. The number of hydrogen-bond acceptors (Lipinski definition) is 4. The van der Waals surface area contributed by atoms with Gasteiger partial charge in [-0.2, -0.15) is 4.99 Å². The first-order valence-corrected chi connectivity index (χ1v) is 9.79. The smallest absolute Gasteiger partial charge is 0.404 e. The zero-order chi connectivity index (χ0) is 21.0. The summed E-state index contributed by atoms with van der Waals surface area (Å²) in [6, 6.07) is 9.79. The first kappa shape index (κ1) is 21.1. The summed E-state index contributed by atoms with van der Waals surface area (Å²) in [6.45, 7) is 0.179. The van der Waals surface area contributed by atoms with Crippen LogP contribution in [0.5, 0.6) is 0 Å². The highest BCUT2D eigenvalue weighted by molar-refractivity contribution is 8.15. The van der Waals surface area contributed by atoms with Crippen LogP contribution >= 0.6 is 23.4 Å². The van der Waals surface area contributed by atoms with Crippen molar-refractivity contribution in [2.24, 2.45) is 4.99 Å². The van der Waals surface area contributed by atoms with Crippen LogP contribution < -0.4 is 10.6 Å². The lowest BCUT2D eigenvalue weighted by molar-refractivity contribution is -0.117. The number of aliphatic imine (C=N–C) groups is 1. The van der Waals surface area contributed by atoms with E-state index >= 15 is 0 Å². The number of carbonyl (C=O) groups is 2. The van der Waals surface area contributed by atoms with Crippen molar-refractivity contribution in [3.8, 4) is 0 Å². The van der Waals surface area contributed by atoms with Crippen LogP contribution in [0.25, 0.3) is 0 Å². The monoisotopic (exact) mass is 439 g/mol. The van der Waals surface area contributed by atoms with Crippen LogP contribution in [0.1, 0.15) is 16.4 Å². The van der Waals surface area contributed by atoms with E-state index in [0.29, 0.717) is 17.0 Å². The number of thioether (sulfide) groups is 1. The van der Waals surface area contributed by atoms with Gasteiger partial charge in [0.2, 0.25) is 0 Å². The van der Waals surface area contributed by atoms with Crippen LogP contribution in [0.3, 0.4) is 0 Å². The third kappa shape index (κ3) is 5.68. The van der Waals surface area contributed by atoms with E-state index in [1.165, 1.54) is 6.07 Å². The van der Waals surface area contributed by atoms with Gasteiger partial charge in [0.1, 0.15) is 5.25 Å². The summed E-state index contributed by atoms with van der Waals surface area (Å²) < 4.78 is 26.5. The van der Waals surface area contributed by atoms with E-state index in [4.69, 9.17) is 16.7 Å². The summed E-state index contributed by atoms with van der Waals surface area (Å²) in [7, 11) is 0. The second-order valence-corrected chi connectivity index (χ2v) is 7.81. The molecule has 1 aliphatic rings. The highest BCUT2D eigenvalue weighted by atomic mass is 35.5. The number of nitrogens with one attached hydrogen (secondary N) is 2. The zero-order valence-electron chi connectivity index (χ0n) is 14.9. The molecule has 152 valence electrons. The van der Waals surface area contributed by atoms with Gasteiger partial charge >= 0.3 is 6.09 Å². The van der Waals surface area contributed by atoms with E-state index < -0.39 is 34.9 Å². The lowest BCUT2D eigenvalue weighted by Gasteiger charge is -2.18. The van der Waals surface area contributed by atoms with Crippen molar-refractivity contribution in [1.29, 1.82) is 0 Å². The predicted octanol–water partition coefficient (Wildman–Crippen LogP) is 3.76. The number of carboxylic acid groups (broad SMARTS) is 1. The van der Waals surface area contributed by atoms with Gasteiger partial charge in [-0.1, -0.05) is 41.6 Å². The molecule has 0 saturated heterocycles. The lowest BCUT2D eigenvalue weighted by atomic mass is 10.1. The van der Waals surface area contributed by atoms with Gasteiger partial charge in [-0.3, -0.25) is 4.79 Å². The molecule has 2 amide bonds. The van der Waals surface area contributed by atoms with E-state index in [9.17, 15) is 18.4 Å². The maximum Gasteiger partial charge on any atom is 0.404 e. The van der Waals surface area contributed by atoms with Crippen molar-refractivity contribution in [2.45, 2.75) is 17.7 Å². The van der Waals surface area contributed by atoms with Crippen LogP contribution in [0.2, 0.25) is 5.02 Å². The number of carbonyl (C=O) groups excluding carboxylic acids is 1. The molecule has 29 heavy (non-hydrogen) atoms. The summed E-state index contributed by atoms with van der Waals surface area (Å²) in [6.07, 6.45) is -0.780. The second kappa shape index (κ2) is 9.23. The summed E-state index contributed by atoms with van der Waals surface area (Å²) in [4.78, 5) is 27.1. The maximum absolute atomic E-state index is 13.4. The molecule has 0 fully saturated rings. The van der Waals surface area contributed by atoms with Gasteiger partial charge in [0.25, 0.3) is 5.91 Å². The van der Waals surface area contributed by atoms with E-state index in [1.807, 2.05) is 0 Å². The molecule has 1 heterocycles. The van der Waals surface area contributed by atoms with E-state index in [0.717, 1.165) is 29.5 Å². The molecule has 0 spiro atoms. The molecule has 2 atom stereocenters. The number of rotatable bonds is 6. The predicted molar refractivity (Wildman–Crippen MR) is 107 cm³/mol. The first-order valence-electron chi connectivity index (χ1n) is 8.53. The Morgan fingerprint density at radius 3 is 2.59 bits per heavy atom. The van der Waals surface area contributed by atoms with Crippen molar-refractivity contribution >= 4 is 40.5 Å². The Bertz CT molecular complexity index is 956. The molecule has 2 aromatic carbocycles. The van der Waals surface area contributed by atoms with Crippen LogP contribution in [0.4, 0.5) is 13.6 Å². The normalized spacial score (nSPS) is 17.0. The van der Waals surface area contributed by atoms with E-state index in [-0.39, 0.29) is 11.7 Å². The Labute approximate surface area is 174 Å². The molecule has 0 aliphatic carbocycles. The summed E-state index contributed by atoms with van der Waals surface area (Å²) in [5.74, 6) is -2.52. The second-order valence-electron chi connectivity index (χ2n) is 6.28. The number of benzene rings is 2. The zero-order valence-corrected chi connectivity index (χ0v) is 16.4. The Morgan fingerprint density at radius 2 is 1.93 bits per heavy atom. The fourth-order valence-corrected chi connectivity index (χ4v) is 3.87. The van der Waals surface area contributed by atoms with Crippen molar-refractivity contribution in [3.05, 3.63) is 70.2 Å². The molecule has 0 radical (unpaired) electrons.